The lowest BCUT2D eigenvalue weighted by atomic mass is 9.88. The molecule has 2 aromatic carbocycles. The number of aryl methyl sites for hydroxylation is 1. The van der Waals surface area contributed by atoms with Crippen molar-refractivity contribution in [2.45, 2.75) is 25.5 Å². The molecule has 1 amide bonds. The zero-order valence-corrected chi connectivity index (χ0v) is 13.5. The van der Waals surface area contributed by atoms with Gasteiger partial charge in [0.25, 0.3) is 5.91 Å². The number of nitrogens with zero attached hydrogens (tertiary/aromatic N) is 2. The summed E-state index contributed by atoms with van der Waals surface area (Å²) in [4.78, 5) is 16.1. The monoisotopic (exact) mass is 321 g/mol. The largest absolute Gasteiger partial charge is 0.379 e. The van der Waals surface area contributed by atoms with Crippen LogP contribution in [-0.4, -0.2) is 27.1 Å². The minimum atomic E-state index is -0.997. The van der Waals surface area contributed by atoms with Crippen LogP contribution in [0, 0.1) is 0 Å². The molecule has 2 heterocycles. The van der Waals surface area contributed by atoms with Crippen LogP contribution in [-0.2, 0) is 12.1 Å². The van der Waals surface area contributed by atoms with E-state index >= 15 is 0 Å². The Kier molecular flexibility index (Phi) is 3.39. The zero-order valence-electron chi connectivity index (χ0n) is 13.5. The maximum absolute atomic E-state index is 12.0. The van der Waals surface area contributed by atoms with E-state index in [1.807, 2.05) is 47.9 Å². The number of benzene rings is 2. The molecule has 0 aliphatic carbocycles. The number of hydrogen-bond donors (Lipinski definition) is 2. The highest BCUT2D eigenvalue weighted by Crippen LogP contribution is 2.39. The van der Waals surface area contributed by atoms with Crippen molar-refractivity contribution in [2.24, 2.45) is 0 Å². The van der Waals surface area contributed by atoms with Gasteiger partial charge >= 0.3 is 0 Å². The number of aliphatic hydroxyl groups is 1. The molecule has 0 fully saturated rings. The first kappa shape index (κ1) is 14.9. The van der Waals surface area contributed by atoms with Gasteiger partial charge < -0.3 is 15.0 Å². The van der Waals surface area contributed by atoms with Crippen LogP contribution in [0.15, 0.2) is 48.9 Å². The van der Waals surface area contributed by atoms with Gasteiger partial charge in [0.05, 0.1) is 18.2 Å². The Morgan fingerprint density at radius 3 is 2.92 bits per heavy atom. The normalized spacial score (nSPS) is 19.4. The molecular formula is C19H19N3O2. The third-order valence-corrected chi connectivity index (χ3v) is 4.77. The van der Waals surface area contributed by atoms with E-state index in [4.69, 9.17) is 0 Å². The lowest BCUT2D eigenvalue weighted by Gasteiger charge is -2.23. The summed E-state index contributed by atoms with van der Waals surface area (Å²) in [5, 5.41) is 15.9. The van der Waals surface area contributed by atoms with Crippen molar-refractivity contribution in [3.8, 4) is 0 Å². The first-order valence-corrected chi connectivity index (χ1v) is 8.17. The number of imidazole rings is 1. The second-order valence-electron chi connectivity index (χ2n) is 6.22. The molecule has 0 saturated heterocycles. The minimum Gasteiger partial charge on any atom is -0.379 e. The molecule has 0 unspecified atom stereocenters. The number of nitrogens with one attached hydrogen (secondary N) is 1. The summed E-state index contributed by atoms with van der Waals surface area (Å²) >= 11 is 0. The number of amides is 1. The molecule has 1 atom stereocenters. The third-order valence-electron chi connectivity index (χ3n) is 4.77. The van der Waals surface area contributed by atoms with Gasteiger partial charge in [-0.2, -0.15) is 0 Å². The van der Waals surface area contributed by atoms with Crippen LogP contribution in [0.5, 0.6) is 0 Å². The van der Waals surface area contributed by atoms with E-state index in [-0.39, 0.29) is 5.91 Å². The van der Waals surface area contributed by atoms with Crippen LogP contribution in [0.25, 0.3) is 10.8 Å². The van der Waals surface area contributed by atoms with Crippen molar-refractivity contribution in [1.82, 2.24) is 14.9 Å². The summed E-state index contributed by atoms with van der Waals surface area (Å²) in [6.07, 6.45) is 4.13. The number of fused-ring (bicyclic) bond motifs is 2. The molecule has 0 saturated carbocycles. The van der Waals surface area contributed by atoms with Crippen molar-refractivity contribution in [2.75, 3.05) is 6.54 Å². The molecule has 2 N–H and O–H groups in total. The van der Waals surface area contributed by atoms with E-state index in [9.17, 15) is 9.90 Å². The summed E-state index contributed by atoms with van der Waals surface area (Å²) in [6.45, 7) is 3.27. The van der Waals surface area contributed by atoms with Crippen LogP contribution < -0.4 is 5.32 Å². The number of carbonyl (C=O) groups is 1. The number of rotatable bonds is 3. The van der Waals surface area contributed by atoms with Gasteiger partial charge in [-0.15, -0.1) is 0 Å². The average molecular weight is 321 g/mol. The van der Waals surface area contributed by atoms with Crippen LogP contribution in [0.4, 0.5) is 0 Å². The number of aromatic nitrogens is 2. The molecule has 122 valence electrons. The van der Waals surface area contributed by atoms with Crippen LogP contribution in [0.3, 0.4) is 0 Å². The fourth-order valence-electron chi connectivity index (χ4n) is 3.45. The molecular weight excluding hydrogens is 302 g/mol. The molecule has 0 spiro atoms. The van der Waals surface area contributed by atoms with Crippen molar-refractivity contribution in [3.63, 3.8) is 0 Å². The topological polar surface area (TPSA) is 67.2 Å². The van der Waals surface area contributed by atoms with E-state index in [1.165, 1.54) is 0 Å². The predicted octanol–water partition coefficient (Wildman–Crippen LogP) is 2.43. The Morgan fingerprint density at radius 1 is 1.29 bits per heavy atom. The summed E-state index contributed by atoms with van der Waals surface area (Å²) in [7, 11) is 0. The fourth-order valence-corrected chi connectivity index (χ4v) is 3.45. The second kappa shape index (κ2) is 5.46. The Hall–Kier alpha value is -2.66. The van der Waals surface area contributed by atoms with Crippen molar-refractivity contribution in [1.29, 1.82) is 0 Å². The lowest BCUT2D eigenvalue weighted by molar-refractivity contribution is 0.0826. The highest BCUT2D eigenvalue weighted by atomic mass is 16.3. The Labute approximate surface area is 139 Å². The van der Waals surface area contributed by atoms with Gasteiger partial charge in [0.2, 0.25) is 0 Å². The van der Waals surface area contributed by atoms with E-state index in [1.54, 1.807) is 12.5 Å². The van der Waals surface area contributed by atoms with Gasteiger partial charge in [0.1, 0.15) is 5.60 Å². The van der Waals surface area contributed by atoms with Gasteiger partial charge in [-0.3, -0.25) is 4.79 Å². The predicted molar refractivity (Wildman–Crippen MR) is 91.8 cm³/mol. The Balaban J connectivity index is 1.75. The molecule has 3 aromatic rings. The van der Waals surface area contributed by atoms with Gasteiger partial charge in [-0.1, -0.05) is 18.2 Å². The van der Waals surface area contributed by atoms with Gasteiger partial charge in [0, 0.05) is 25.1 Å². The number of hydrogen-bond acceptors (Lipinski definition) is 3. The number of carbonyl (C=O) groups excluding carboxylic acids is 1. The summed E-state index contributed by atoms with van der Waals surface area (Å²) in [6, 6.07) is 11.5. The highest BCUT2D eigenvalue weighted by molar-refractivity contribution is 5.98. The van der Waals surface area contributed by atoms with E-state index in [0.29, 0.717) is 18.5 Å². The first-order chi connectivity index (χ1) is 11.6. The second-order valence-corrected chi connectivity index (χ2v) is 6.22. The summed E-state index contributed by atoms with van der Waals surface area (Å²) < 4.78 is 1.99. The fraction of sp³-hybridized carbons (Fsp3) is 0.263. The molecule has 0 radical (unpaired) electrons. The van der Waals surface area contributed by atoms with E-state index in [2.05, 4.69) is 10.3 Å². The SMILES string of the molecule is CCNC(=O)c1ccc2cc([C@]3(O)CCn4cncc43)ccc2c1. The van der Waals surface area contributed by atoms with Crippen LogP contribution in [0.2, 0.25) is 0 Å². The van der Waals surface area contributed by atoms with Gasteiger partial charge in [-0.05, 0) is 41.5 Å². The summed E-state index contributed by atoms with van der Waals surface area (Å²) in [5.41, 5.74) is 1.35. The molecule has 5 nitrogen and oxygen atoms in total. The average Bonchev–Trinajstić information content (AvgIpc) is 3.19. The van der Waals surface area contributed by atoms with Gasteiger partial charge in [0.15, 0.2) is 0 Å². The maximum Gasteiger partial charge on any atom is 0.251 e. The third kappa shape index (κ3) is 2.20. The Bertz CT molecular complexity index is 931. The lowest BCUT2D eigenvalue weighted by Crippen LogP contribution is -2.24. The quantitative estimate of drug-likeness (QED) is 0.778. The minimum absolute atomic E-state index is 0.0678. The van der Waals surface area contributed by atoms with E-state index in [0.717, 1.165) is 28.6 Å². The highest BCUT2D eigenvalue weighted by Gasteiger charge is 2.39. The maximum atomic E-state index is 12.0. The smallest absolute Gasteiger partial charge is 0.251 e. The van der Waals surface area contributed by atoms with Gasteiger partial charge in [-0.25, -0.2) is 4.98 Å². The molecule has 5 heteroatoms. The van der Waals surface area contributed by atoms with Crippen LogP contribution >= 0.6 is 0 Å². The molecule has 1 aliphatic heterocycles. The summed E-state index contributed by atoms with van der Waals surface area (Å²) in [5.74, 6) is -0.0678. The standard InChI is InChI=1S/C19H19N3O2/c1-2-21-18(23)15-4-3-14-10-16(6-5-13(14)9-15)19(24)7-8-22-12-20-11-17(19)22/h3-6,9-12,24H,2,7-8H2,1H3,(H,21,23)/t19-/m1/s1. The first-order valence-electron chi connectivity index (χ1n) is 8.17. The van der Waals surface area contributed by atoms with Crippen molar-refractivity contribution >= 4 is 16.7 Å². The molecule has 0 bridgehead atoms. The Morgan fingerprint density at radius 2 is 2.08 bits per heavy atom. The van der Waals surface area contributed by atoms with Crippen molar-refractivity contribution in [3.05, 3.63) is 65.7 Å². The molecule has 24 heavy (non-hydrogen) atoms. The van der Waals surface area contributed by atoms with Crippen molar-refractivity contribution < 1.29 is 9.90 Å². The molecule has 4 rings (SSSR count). The molecule has 1 aromatic heterocycles. The molecule has 1 aliphatic rings. The zero-order chi connectivity index (χ0) is 16.7. The van der Waals surface area contributed by atoms with E-state index < -0.39 is 5.60 Å². The van der Waals surface area contributed by atoms with Crippen LogP contribution in [0.1, 0.15) is 35.0 Å².